The molecule has 0 fully saturated rings. The van der Waals surface area contributed by atoms with Crippen molar-refractivity contribution in [3.63, 3.8) is 0 Å². The van der Waals surface area contributed by atoms with Gasteiger partial charge in [-0.3, -0.25) is 0 Å². The Morgan fingerprint density at radius 3 is 2.30 bits per heavy atom. The maximum absolute atomic E-state index is 14.0. The number of nitrogens with one attached hydrogen (secondary N) is 1. The average molecular weight is 401 g/mol. The SMILES string of the molecule is CC(C)[C@@H](NS(=O)(=O)c1ccc(F)c(F)c1F)c1ccc2c(c1)OCCO2. The second-order valence-corrected chi connectivity index (χ2v) is 8.10. The molecule has 2 aromatic rings. The smallest absolute Gasteiger partial charge is 0.244 e. The van der Waals surface area contributed by atoms with E-state index in [4.69, 9.17) is 9.47 Å². The Hall–Kier alpha value is -2.26. The number of benzene rings is 2. The Labute approximate surface area is 155 Å². The first kappa shape index (κ1) is 19.5. The molecule has 1 aliphatic heterocycles. The second-order valence-electron chi connectivity index (χ2n) is 6.42. The number of rotatable bonds is 5. The molecule has 1 atom stereocenters. The topological polar surface area (TPSA) is 64.6 Å². The first-order chi connectivity index (χ1) is 12.7. The van der Waals surface area contributed by atoms with E-state index < -0.39 is 38.4 Å². The quantitative estimate of drug-likeness (QED) is 0.779. The monoisotopic (exact) mass is 401 g/mol. The fourth-order valence-corrected chi connectivity index (χ4v) is 4.23. The summed E-state index contributed by atoms with van der Waals surface area (Å²) in [5.74, 6) is -4.26. The van der Waals surface area contributed by atoms with Crippen molar-refractivity contribution in [3.8, 4) is 11.5 Å². The lowest BCUT2D eigenvalue weighted by molar-refractivity contribution is 0.171. The van der Waals surface area contributed by atoms with Crippen LogP contribution in [0, 0.1) is 23.4 Å². The molecule has 0 unspecified atom stereocenters. The van der Waals surface area contributed by atoms with Crippen LogP contribution in [0.2, 0.25) is 0 Å². The molecule has 1 heterocycles. The second kappa shape index (κ2) is 7.40. The summed E-state index contributed by atoms with van der Waals surface area (Å²) in [4.78, 5) is -0.954. The lowest BCUT2D eigenvalue weighted by atomic mass is 9.97. The van der Waals surface area contributed by atoms with Crippen molar-refractivity contribution >= 4 is 10.0 Å². The molecule has 0 radical (unpaired) electrons. The predicted molar refractivity (Wildman–Crippen MR) is 91.6 cm³/mol. The Kier molecular flexibility index (Phi) is 5.34. The van der Waals surface area contributed by atoms with Crippen molar-refractivity contribution in [2.24, 2.45) is 5.92 Å². The van der Waals surface area contributed by atoms with E-state index in [1.54, 1.807) is 32.0 Å². The van der Waals surface area contributed by atoms with Gasteiger partial charge in [-0.05, 0) is 35.7 Å². The molecule has 9 heteroatoms. The van der Waals surface area contributed by atoms with Crippen LogP contribution in [0.3, 0.4) is 0 Å². The summed E-state index contributed by atoms with van der Waals surface area (Å²) in [5, 5.41) is 0. The van der Waals surface area contributed by atoms with E-state index in [0.717, 1.165) is 0 Å². The normalized spacial score (nSPS) is 15.0. The van der Waals surface area contributed by atoms with Gasteiger partial charge in [0.15, 0.2) is 29.0 Å². The number of hydrogen-bond acceptors (Lipinski definition) is 4. The highest BCUT2D eigenvalue weighted by atomic mass is 32.2. The summed E-state index contributed by atoms with van der Waals surface area (Å²) in [6.07, 6.45) is 0. The predicted octanol–water partition coefficient (Wildman–Crippen LogP) is 3.55. The minimum atomic E-state index is -4.45. The van der Waals surface area contributed by atoms with Crippen LogP contribution in [0.1, 0.15) is 25.5 Å². The zero-order chi connectivity index (χ0) is 19.8. The van der Waals surface area contributed by atoms with Crippen LogP contribution in [0.4, 0.5) is 13.2 Å². The highest BCUT2D eigenvalue weighted by Gasteiger charge is 2.29. The number of halogens is 3. The van der Waals surface area contributed by atoms with Crippen LogP contribution >= 0.6 is 0 Å². The maximum Gasteiger partial charge on any atom is 0.244 e. The molecule has 1 aliphatic rings. The summed E-state index contributed by atoms with van der Waals surface area (Å²) >= 11 is 0. The Balaban J connectivity index is 1.96. The summed E-state index contributed by atoms with van der Waals surface area (Å²) in [5.41, 5.74) is 0.570. The van der Waals surface area contributed by atoms with E-state index in [1.807, 2.05) is 0 Å². The van der Waals surface area contributed by atoms with E-state index in [-0.39, 0.29) is 5.92 Å². The van der Waals surface area contributed by atoms with Gasteiger partial charge in [0.25, 0.3) is 0 Å². The van der Waals surface area contributed by atoms with Gasteiger partial charge >= 0.3 is 0 Å². The number of sulfonamides is 1. The molecule has 0 saturated heterocycles. The first-order valence-electron chi connectivity index (χ1n) is 8.26. The molecular weight excluding hydrogens is 383 g/mol. The third kappa shape index (κ3) is 3.89. The number of hydrogen-bond donors (Lipinski definition) is 1. The summed E-state index contributed by atoms with van der Waals surface area (Å²) < 4.78 is 79.0. The molecule has 1 N–H and O–H groups in total. The van der Waals surface area contributed by atoms with Gasteiger partial charge in [0, 0.05) is 6.04 Å². The van der Waals surface area contributed by atoms with E-state index in [1.165, 1.54) is 0 Å². The van der Waals surface area contributed by atoms with Crippen molar-refractivity contribution in [1.82, 2.24) is 4.72 Å². The number of fused-ring (bicyclic) bond motifs is 1. The lowest BCUT2D eigenvalue weighted by Crippen LogP contribution is -2.32. The van der Waals surface area contributed by atoms with Crippen molar-refractivity contribution in [2.45, 2.75) is 24.8 Å². The first-order valence-corrected chi connectivity index (χ1v) is 9.74. The van der Waals surface area contributed by atoms with Crippen molar-refractivity contribution in [1.29, 1.82) is 0 Å². The van der Waals surface area contributed by atoms with Gasteiger partial charge in [-0.1, -0.05) is 19.9 Å². The maximum atomic E-state index is 14.0. The molecule has 0 saturated carbocycles. The van der Waals surface area contributed by atoms with E-state index in [2.05, 4.69) is 4.72 Å². The van der Waals surface area contributed by atoms with Gasteiger partial charge in [-0.2, -0.15) is 0 Å². The van der Waals surface area contributed by atoms with E-state index in [9.17, 15) is 21.6 Å². The highest BCUT2D eigenvalue weighted by Crippen LogP contribution is 2.35. The summed E-state index contributed by atoms with van der Waals surface area (Å²) in [6.45, 7) is 4.33. The Morgan fingerprint density at radius 2 is 1.63 bits per heavy atom. The zero-order valence-corrected chi connectivity index (χ0v) is 15.4. The number of ether oxygens (including phenoxy) is 2. The van der Waals surface area contributed by atoms with Crippen LogP contribution in [-0.4, -0.2) is 21.6 Å². The standard InChI is InChI=1S/C18H18F3NO4S/c1-10(2)18(11-3-5-13-14(9-11)26-8-7-25-13)22-27(23,24)15-6-4-12(19)16(20)17(15)21/h3-6,9-10,18,22H,7-8H2,1-2H3/t18-/m1/s1. The summed E-state index contributed by atoms with van der Waals surface area (Å²) in [7, 11) is -4.45. The van der Waals surface area contributed by atoms with Crippen LogP contribution < -0.4 is 14.2 Å². The molecule has 146 valence electrons. The Morgan fingerprint density at radius 1 is 0.963 bits per heavy atom. The van der Waals surface area contributed by atoms with Gasteiger partial charge in [0.2, 0.25) is 10.0 Å². The third-order valence-corrected chi connectivity index (χ3v) is 5.62. The lowest BCUT2D eigenvalue weighted by Gasteiger charge is -2.25. The van der Waals surface area contributed by atoms with Crippen molar-refractivity contribution in [3.05, 3.63) is 53.3 Å². The fraction of sp³-hybridized carbons (Fsp3) is 0.333. The van der Waals surface area contributed by atoms with Gasteiger partial charge in [-0.15, -0.1) is 0 Å². The third-order valence-electron chi connectivity index (χ3n) is 4.16. The molecule has 27 heavy (non-hydrogen) atoms. The van der Waals surface area contributed by atoms with Gasteiger partial charge in [-0.25, -0.2) is 26.3 Å². The molecule has 5 nitrogen and oxygen atoms in total. The Bertz CT molecular complexity index is 963. The molecule has 0 spiro atoms. The molecule has 0 bridgehead atoms. The molecule has 2 aromatic carbocycles. The van der Waals surface area contributed by atoms with Gasteiger partial charge < -0.3 is 9.47 Å². The minimum absolute atomic E-state index is 0.226. The molecule has 0 amide bonds. The summed E-state index contributed by atoms with van der Waals surface area (Å²) in [6, 6.07) is 5.48. The fourth-order valence-electron chi connectivity index (χ4n) is 2.79. The van der Waals surface area contributed by atoms with Crippen LogP contribution in [-0.2, 0) is 10.0 Å². The molecular formula is C18H18F3NO4S. The van der Waals surface area contributed by atoms with Crippen LogP contribution in [0.5, 0.6) is 11.5 Å². The molecule has 3 rings (SSSR count). The van der Waals surface area contributed by atoms with Gasteiger partial charge in [0.05, 0.1) is 0 Å². The van der Waals surface area contributed by atoms with Crippen molar-refractivity contribution < 1.29 is 31.1 Å². The average Bonchev–Trinajstić information content (AvgIpc) is 2.63. The van der Waals surface area contributed by atoms with Crippen LogP contribution in [0.15, 0.2) is 35.2 Å². The van der Waals surface area contributed by atoms with E-state index >= 15 is 0 Å². The zero-order valence-electron chi connectivity index (χ0n) is 14.6. The largest absolute Gasteiger partial charge is 0.486 e. The van der Waals surface area contributed by atoms with Gasteiger partial charge in [0.1, 0.15) is 18.1 Å². The van der Waals surface area contributed by atoms with E-state index in [0.29, 0.717) is 42.4 Å². The van der Waals surface area contributed by atoms with Crippen LogP contribution in [0.25, 0.3) is 0 Å². The molecule has 0 aromatic heterocycles. The van der Waals surface area contributed by atoms with Crippen molar-refractivity contribution in [2.75, 3.05) is 13.2 Å². The molecule has 0 aliphatic carbocycles. The minimum Gasteiger partial charge on any atom is -0.486 e. The highest BCUT2D eigenvalue weighted by molar-refractivity contribution is 7.89.